The van der Waals surface area contributed by atoms with E-state index in [1.165, 1.54) is 6.07 Å². The van der Waals surface area contributed by atoms with Crippen molar-refractivity contribution in [1.82, 2.24) is 0 Å². The topological polar surface area (TPSA) is 61.1 Å². The largest absolute Gasteiger partial charge is 0.480 e. The molecule has 0 amide bonds. The van der Waals surface area contributed by atoms with E-state index < -0.39 is 11.2 Å². The van der Waals surface area contributed by atoms with E-state index >= 15 is 0 Å². The van der Waals surface area contributed by atoms with Crippen LogP contribution >= 0.6 is 12.6 Å². The van der Waals surface area contributed by atoms with Gasteiger partial charge in [-0.05, 0) is 0 Å². The summed E-state index contributed by atoms with van der Waals surface area (Å²) in [7, 11) is 0. The lowest BCUT2D eigenvalue weighted by molar-refractivity contribution is -0.135. The summed E-state index contributed by atoms with van der Waals surface area (Å²) in [5.74, 6) is -1.20. The number of rotatable bonds is 1. The minimum absolute atomic E-state index is 1.18. The number of aliphatic carboxylic acids is 1. The number of nitrogens with zero attached hydrogens (tertiary/aromatic N) is 1. The average Bonchev–Trinajstić information content (AvgIpc) is 1.65. The summed E-state index contributed by atoms with van der Waals surface area (Å²) in [5.41, 5.74) is 0. The quantitative estimate of drug-likeness (QED) is 0.471. The molecule has 3 nitrogen and oxygen atoms in total. The molecule has 1 N–H and O–H groups in total. The molecule has 0 aromatic rings. The molecule has 38 valence electrons. The Morgan fingerprint density at radius 1 is 2.00 bits per heavy atom. The van der Waals surface area contributed by atoms with Crippen molar-refractivity contribution in [3.05, 3.63) is 0 Å². The SMILES string of the molecule is N#CC(S)C(=O)O. The first-order valence-electron chi connectivity index (χ1n) is 1.49. The Morgan fingerprint density at radius 3 is 2.43 bits per heavy atom. The van der Waals surface area contributed by atoms with Gasteiger partial charge < -0.3 is 5.11 Å². The van der Waals surface area contributed by atoms with Crippen molar-refractivity contribution in [2.75, 3.05) is 0 Å². The summed E-state index contributed by atoms with van der Waals surface area (Å²) >= 11 is 3.36. The Hall–Kier alpha value is -0.690. The van der Waals surface area contributed by atoms with Crippen LogP contribution in [0.15, 0.2) is 0 Å². The van der Waals surface area contributed by atoms with E-state index in [0.717, 1.165) is 0 Å². The smallest absolute Gasteiger partial charge is 0.330 e. The maximum absolute atomic E-state index is 9.63. The van der Waals surface area contributed by atoms with Crippen LogP contribution in [0.3, 0.4) is 0 Å². The second kappa shape index (κ2) is 2.48. The van der Waals surface area contributed by atoms with E-state index in [-0.39, 0.29) is 0 Å². The van der Waals surface area contributed by atoms with E-state index in [2.05, 4.69) is 12.6 Å². The first kappa shape index (κ1) is 6.31. The van der Waals surface area contributed by atoms with Crippen molar-refractivity contribution in [3.8, 4) is 6.07 Å². The number of nitriles is 1. The Labute approximate surface area is 46.0 Å². The lowest BCUT2D eigenvalue weighted by atomic mass is 10.5. The van der Waals surface area contributed by atoms with Gasteiger partial charge in [0.15, 0.2) is 5.25 Å². The van der Waals surface area contributed by atoms with Gasteiger partial charge in [-0.15, -0.1) is 12.6 Å². The van der Waals surface area contributed by atoms with Crippen LogP contribution in [0.1, 0.15) is 0 Å². The Morgan fingerprint density at radius 2 is 2.43 bits per heavy atom. The zero-order chi connectivity index (χ0) is 5.86. The van der Waals surface area contributed by atoms with E-state index in [1.807, 2.05) is 0 Å². The van der Waals surface area contributed by atoms with Crippen molar-refractivity contribution in [2.24, 2.45) is 0 Å². The molecule has 0 rings (SSSR count). The van der Waals surface area contributed by atoms with Gasteiger partial charge in [-0.1, -0.05) is 0 Å². The Balaban J connectivity index is 3.63. The highest BCUT2D eigenvalue weighted by atomic mass is 32.1. The molecule has 0 fully saturated rings. The molecule has 0 saturated heterocycles. The highest BCUT2D eigenvalue weighted by Crippen LogP contribution is 1.88. The second-order valence-electron chi connectivity index (χ2n) is 0.870. The lowest BCUT2D eigenvalue weighted by Crippen LogP contribution is -2.09. The summed E-state index contributed by atoms with van der Waals surface area (Å²) in [4.78, 5) is 9.63. The van der Waals surface area contributed by atoms with Gasteiger partial charge in [-0.2, -0.15) is 5.26 Å². The van der Waals surface area contributed by atoms with E-state index in [9.17, 15) is 4.79 Å². The third kappa shape index (κ3) is 2.06. The van der Waals surface area contributed by atoms with Crippen molar-refractivity contribution in [1.29, 1.82) is 5.26 Å². The van der Waals surface area contributed by atoms with Crippen LogP contribution in [0.25, 0.3) is 0 Å². The van der Waals surface area contributed by atoms with Gasteiger partial charge in [0.1, 0.15) is 0 Å². The lowest BCUT2D eigenvalue weighted by Gasteiger charge is -1.85. The molecule has 0 aromatic carbocycles. The standard InChI is InChI=1S/C3H3NO2S/c4-1-2(7)3(5)6/h2,7H,(H,5,6). The van der Waals surface area contributed by atoms with E-state index in [4.69, 9.17) is 10.4 Å². The van der Waals surface area contributed by atoms with E-state index in [0.29, 0.717) is 0 Å². The van der Waals surface area contributed by atoms with Crippen LogP contribution in [-0.2, 0) is 4.79 Å². The van der Waals surface area contributed by atoms with Crippen LogP contribution in [0.4, 0.5) is 0 Å². The number of carbonyl (C=O) groups is 1. The molecule has 0 spiro atoms. The molecule has 0 aliphatic heterocycles. The maximum atomic E-state index is 9.63. The second-order valence-corrected chi connectivity index (χ2v) is 1.39. The number of carboxylic acids is 1. The van der Waals surface area contributed by atoms with Crippen molar-refractivity contribution in [3.63, 3.8) is 0 Å². The maximum Gasteiger partial charge on any atom is 0.330 e. The highest BCUT2D eigenvalue weighted by molar-refractivity contribution is 7.82. The molecule has 1 unspecified atom stereocenters. The molecule has 0 bridgehead atoms. The Kier molecular flexibility index (Phi) is 2.23. The van der Waals surface area contributed by atoms with Gasteiger partial charge in [-0.3, -0.25) is 0 Å². The third-order valence-electron chi connectivity index (χ3n) is 0.356. The molecule has 1 atom stereocenters. The number of hydrogen-bond donors (Lipinski definition) is 2. The first-order valence-corrected chi connectivity index (χ1v) is 2.00. The molecule has 0 radical (unpaired) electrons. The zero-order valence-electron chi connectivity index (χ0n) is 3.33. The molecule has 0 aliphatic carbocycles. The van der Waals surface area contributed by atoms with Gasteiger partial charge in [0.2, 0.25) is 0 Å². The molecule has 0 saturated carbocycles. The molecule has 4 heteroatoms. The number of carboxylic acid groups (broad SMARTS) is 1. The van der Waals surface area contributed by atoms with Crippen LogP contribution in [0.5, 0.6) is 0 Å². The molecule has 0 aromatic heterocycles. The normalized spacial score (nSPS) is 12.0. The summed E-state index contributed by atoms with van der Waals surface area (Å²) in [6, 6.07) is 1.43. The van der Waals surface area contributed by atoms with Crippen molar-refractivity contribution >= 4 is 18.6 Å². The van der Waals surface area contributed by atoms with Crippen molar-refractivity contribution < 1.29 is 9.90 Å². The molecular weight excluding hydrogens is 114 g/mol. The van der Waals surface area contributed by atoms with Gasteiger partial charge in [0.05, 0.1) is 6.07 Å². The summed E-state index contributed by atoms with van der Waals surface area (Å²) < 4.78 is 0. The van der Waals surface area contributed by atoms with Gasteiger partial charge in [-0.25, -0.2) is 4.79 Å². The predicted molar refractivity (Wildman–Crippen MR) is 26.0 cm³/mol. The summed E-state index contributed by atoms with van der Waals surface area (Å²) in [6.45, 7) is 0. The van der Waals surface area contributed by atoms with Crippen LogP contribution in [-0.4, -0.2) is 16.3 Å². The van der Waals surface area contributed by atoms with Gasteiger partial charge in [0.25, 0.3) is 0 Å². The van der Waals surface area contributed by atoms with Crippen molar-refractivity contribution in [2.45, 2.75) is 5.25 Å². The Bertz CT molecular complexity index is 117. The fraction of sp³-hybridized carbons (Fsp3) is 0.333. The number of hydrogen-bond acceptors (Lipinski definition) is 3. The monoisotopic (exact) mass is 117 g/mol. The molecule has 0 heterocycles. The third-order valence-corrected chi connectivity index (χ3v) is 0.693. The first-order chi connectivity index (χ1) is 3.18. The predicted octanol–water partition coefficient (Wildman–Crippen LogP) is -0.107. The summed E-state index contributed by atoms with van der Waals surface area (Å²) in [6.07, 6.45) is 0. The molecule has 7 heavy (non-hydrogen) atoms. The molecule has 0 aliphatic rings. The fourth-order valence-electron chi connectivity index (χ4n) is 0.0552. The minimum atomic E-state index is -1.20. The highest BCUT2D eigenvalue weighted by Gasteiger charge is 2.07. The van der Waals surface area contributed by atoms with Crippen LogP contribution in [0.2, 0.25) is 0 Å². The minimum Gasteiger partial charge on any atom is -0.480 e. The zero-order valence-corrected chi connectivity index (χ0v) is 4.22. The van der Waals surface area contributed by atoms with Gasteiger partial charge >= 0.3 is 5.97 Å². The summed E-state index contributed by atoms with van der Waals surface area (Å²) in [5, 5.41) is 14.5. The fourth-order valence-corrected chi connectivity index (χ4v) is 0.0552. The van der Waals surface area contributed by atoms with Gasteiger partial charge in [0, 0.05) is 0 Å². The van der Waals surface area contributed by atoms with E-state index in [1.54, 1.807) is 0 Å². The molecular formula is C3H3NO2S. The average molecular weight is 117 g/mol. The van der Waals surface area contributed by atoms with Crippen LogP contribution < -0.4 is 0 Å². The van der Waals surface area contributed by atoms with Crippen LogP contribution in [0, 0.1) is 11.3 Å². The number of thiol groups is 1.